The largest absolute Gasteiger partial charge is 0.344 e. The number of aryl methyl sites for hydroxylation is 1. The first-order chi connectivity index (χ1) is 12.1. The van der Waals surface area contributed by atoms with Gasteiger partial charge in [0.1, 0.15) is 0 Å². The van der Waals surface area contributed by atoms with Gasteiger partial charge in [0, 0.05) is 5.39 Å². The number of amides is 1. The molecule has 0 unspecified atom stereocenters. The third kappa shape index (κ3) is 3.05. The van der Waals surface area contributed by atoms with Gasteiger partial charge in [0.15, 0.2) is 5.69 Å². The minimum Gasteiger partial charge on any atom is -0.344 e. The van der Waals surface area contributed by atoms with Crippen molar-refractivity contribution in [1.82, 2.24) is 15.5 Å². The third-order valence-electron chi connectivity index (χ3n) is 4.73. The first-order valence-corrected chi connectivity index (χ1v) is 8.48. The Morgan fingerprint density at radius 2 is 1.80 bits per heavy atom. The number of benzene rings is 2. The molecule has 0 radical (unpaired) electrons. The van der Waals surface area contributed by atoms with Gasteiger partial charge >= 0.3 is 0 Å². The summed E-state index contributed by atoms with van der Waals surface area (Å²) in [5, 5.41) is 10.6. The molecule has 1 aliphatic rings. The number of nitrogens with one attached hydrogen (secondary N) is 2. The summed E-state index contributed by atoms with van der Waals surface area (Å²) in [4.78, 5) is 24.8. The molecule has 1 fully saturated rings. The Morgan fingerprint density at radius 1 is 1.12 bits per heavy atom. The van der Waals surface area contributed by atoms with E-state index in [1.54, 1.807) is 24.3 Å². The van der Waals surface area contributed by atoms with Crippen molar-refractivity contribution in [2.24, 2.45) is 5.92 Å². The van der Waals surface area contributed by atoms with E-state index in [2.05, 4.69) is 39.8 Å². The lowest BCUT2D eigenvalue weighted by Crippen LogP contribution is -2.31. The van der Waals surface area contributed by atoms with Crippen LogP contribution in [0.3, 0.4) is 0 Å². The zero-order valence-corrected chi connectivity index (χ0v) is 14.0. The lowest BCUT2D eigenvalue weighted by atomic mass is 10.0. The quantitative estimate of drug-likeness (QED) is 0.770. The van der Waals surface area contributed by atoms with Crippen molar-refractivity contribution in [3.8, 4) is 0 Å². The van der Waals surface area contributed by atoms with Crippen LogP contribution in [0, 0.1) is 12.8 Å². The Kier molecular flexibility index (Phi) is 3.84. The summed E-state index contributed by atoms with van der Waals surface area (Å²) in [7, 11) is 0. The fourth-order valence-electron chi connectivity index (χ4n) is 3.17. The van der Waals surface area contributed by atoms with E-state index in [9.17, 15) is 9.59 Å². The number of hydrogen-bond donors (Lipinski definition) is 2. The Labute approximate surface area is 145 Å². The van der Waals surface area contributed by atoms with E-state index in [1.165, 1.54) is 5.56 Å². The lowest BCUT2D eigenvalue weighted by molar-refractivity contribution is 0.0927. The molecule has 25 heavy (non-hydrogen) atoms. The third-order valence-corrected chi connectivity index (χ3v) is 4.73. The zero-order valence-electron chi connectivity index (χ0n) is 14.0. The van der Waals surface area contributed by atoms with Crippen LogP contribution in [0.25, 0.3) is 10.8 Å². The summed E-state index contributed by atoms with van der Waals surface area (Å²) >= 11 is 0. The van der Waals surface area contributed by atoms with Crippen LogP contribution in [-0.2, 0) is 0 Å². The Bertz CT molecular complexity index is 988. The molecule has 1 heterocycles. The van der Waals surface area contributed by atoms with Crippen LogP contribution in [0.15, 0.2) is 53.3 Å². The topological polar surface area (TPSA) is 74.8 Å². The Hall–Kier alpha value is -2.95. The molecular formula is C20H19N3O2. The molecule has 2 N–H and O–H groups in total. The number of hydrogen-bond acceptors (Lipinski definition) is 3. The summed E-state index contributed by atoms with van der Waals surface area (Å²) in [6.07, 6.45) is 2.22. The van der Waals surface area contributed by atoms with E-state index in [0.717, 1.165) is 18.4 Å². The predicted octanol–water partition coefficient (Wildman–Crippen LogP) is 3.11. The van der Waals surface area contributed by atoms with Gasteiger partial charge in [-0.05, 0) is 37.3 Å². The molecule has 1 aromatic heterocycles. The van der Waals surface area contributed by atoms with Crippen molar-refractivity contribution in [3.63, 3.8) is 0 Å². The summed E-state index contributed by atoms with van der Waals surface area (Å²) in [6.45, 7) is 2.05. The molecular weight excluding hydrogens is 314 g/mol. The number of fused-ring (bicyclic) bond motifs is 1. The second-order valence-electron chi connectivity index (χ2n) is 6.65. The highest BCUT2D eigenvalue weighted by atomic mass is 16.2. The van der Waals surface area contributed by atoms with Crippen LogP contribution in [-0.4, -0.2) is 16.1 Å². The molecule has 0 saturated heterocycles. The van der Waals surface area contributed by atoms with Crippen LogP contribution in [0.4, 0.5) is 0 Å². The zero-order chi connectivity index (χ0) is 17.4. The fraction of sp³-hybridized carbons (Fsp3) is 0.250. The van der Waals surface area contributed by atoms with E-state index in [1.807, 2.05) is 6.92 Å². The maximum atomic E-state index is 12.9. The highest BCUT2D eigenvalue weighted by Gasteiger charge is 2.34. The van der Waals surface area contributed by atoms with Gasteiger partial charge in [0.2, 0.25) is 0 Å². The minimum atomic E-state index is -0.288. The van der Waals surface area contributed by atoms with Crippen molar-refractivity contribution in [3.05, 3.63) is 75.7 Å². The van der Waals surface area contributed by atoms with Gasteiger partial charge in [0.05, 0.1) is 11.4 Å². The van der Waals surface area contributed by atoms with E-state index in [0.29, 0.717) is 16.7 Å². The number of rotatable bonds is 4. The van der Waals surface area contributed by atoms with E-state index in [-0.39, 0.29) is 23.2 Å². The van der Waals surface area contributed by atoms with Gasteiger partial charge in [-0.15, -0.1) is 0 Å². The van der Waals surface area contributed by atoms with Crippen molar-refractivity contribution < 1.29 is 4.79 Å². The van der Waals surface area contributed by atoms with Gasteiger partial charge in [0.25, 0.3) is 11.5 Å². The highest BCUT2D eigenvalue weighted by molar-refractivity contribution is 6.04. The number of carbonyl (C=O) groups is 1. The maximum Gasteiger partial charge on any atom is 0.272 e. The van der Waals surface area contributed by atoms with Crippen LogP contribution >= 0.6 is 0 Å². The molecule has 1 saturated carbocycles. The second-order valence-corrected chi connectivity index (χ2v) is 6.65. The van der Waals surface area contributed by atoms with E-state index in [4.69, 9.17) is 0 Å². The van der Waals surface area contributed by atoms with Gasteiger partial charge in [-0.25, -0.2) is 5.10 Å². The monoisotopic (exact) mass is 333 g/mol. The van der Waals surface area contributed by atoms with Crippen LogP contribution < -0.4 is 10.9 Å². The number of aromatic amines is 1. The van der Waals surface area contributed by atoms with Crippen molar-refractivity contribution in [2.75, 3.05) is 0 Å². The van der Waals surface area contributed by atoms with Crippen LogP contribution in [0.5, 0.6) is 0 Å². The summed E-state index contributed by atoms with van der Waals surface area (Å²) in [6, 6.07) is 15.3. The van der Waals surface area contributed by atoms with Gasteiger partial charge < -0.3 is 5.32 Å². The molecule has 5 nitrogen and oxygen atoms in total. The van der Waals surface area contributed by atoms with Crippen molar-refractivity contribution in [1.29, 1.82) is 0 Å². The first-order valence-electron chi connectivity index (χ1n) is 8.48. The fourth-order valence-corrected chi connectivity index (χ4v) is 3.17. The Morgan fingerprint density at radius 3 is 2.48 bits per heavy atom. The van der Waals surface area contributed by atoms with Crippen molar-refractivity contribution >= 4 is 16.7 Å². The molecule has 3 aromatic rings. The van der Waals surface area contributed by atoms with Gasteiger partial charge in [-0.2, -0.15) is 5.10 Å². The standard InChI is InChI=1S/C20H19N3O2/c1-12-6-8-13(9-7-12)17(14-10-11-14)21-20(25)18-15-4-2-3-5-16(15)19(24)23-22-18/h2-9,14,17H,10-11H2,1H3,(H,21,25)(H,23,24)/t17-/m0/s1. The van der Waals surface area contributed by atoms with E-state index >= 15 is 0 Å². The number of carbonyl (C=O) groups excluding carboxylic acids is 1. The number of aromatic nitrogens is 2. The lowest BCUT2D eigenvalue weighted by Gasteiger charge is -2.19. The minimum absolute atomic E-state index is 0.0272. The van der Waals surface area contributed by atoms with Crippen LogP contribution in [0.2, 0.25) is 0 Å². The maximum absolute atomic E-state index is 12.9. The summed E-state index contributed by atoms with van der Waals surface area (Å²) in [5.41, 5.74) is 2.27. The molecule has 1 amide bonds. The average molecular weight is 333 g/mol. The normalized spacial score (nSPS) is 15.1. The molecule has 0 bridgehead atoms. The van der Waals surface area contributed by atoms with Crippen molar-refractivity contribution in [2.45, 2.75) is 25.8 Å². The molecule has 0 spiro atoms. The van der Waals surface area contributed by atoms with Gasteiger partial charge in [-0.1, -0.05) is 48.0 Å². The molecule has 2 aromatic carbocycles. The molecule has 5 heteroatoms. The smallest absolute Gasteiger partial charge is 0.272 e. The van der Waals surface area contributed by atoms with Crippen LogP contribution in [0.1, 0.15) is 40.5 Å². The SMILES string of the molecule is Cc1ccc([C@H](NC(=O)c2n[nH]c(=O)c3ccccc23)C2CC2)cc1. The average Bonchev–Trinajstić information content (AvgIpc) is 3.46. The Balaban J connectivity index is 1.68. The molecule has 0 aliphatic heterocycles. The number of nitrogens with zero attached hydrogens (tertiary/aromatic N) is 1. The molecule has 126 valence electrons. The first kappa shape index (κ1) is 15.6. The number of H-pyrrole nitrogens is 1. The van der Waals surface area contributed by atoms with Gasteiger partial charge in [-0.3, -0.25) is 9.59 Å². The highest BCUT2D eigenvalue weighted by Crippen LogP contribution is 2.41. The second kappa shape index (κ2) is 6.16. The summed E-state index contributed by atoms with van der Waals surface area (Å²) in [5.74, 6) is 0.200. The predicted molar refractivity (Wildman–Crippen MR) is 96.5 cm³/mol. The molecule has 1 atom stereocenters. The summed E-state index contributed by atoms with van der Waals surface area (Å²) < 4.78 is 0. The molecule has 4 rings (SSSR count). The molecule has 1 aliphatic carbocycles. The van der Waals surface area contributed by atoms with E-state index < -0.39 is 0 Å².